The Kier molecular flexibility index (Phi) is 4.47. The maximum atomic E-state index is 12.6. The van der Waals surface area contributed by atoms with E-state index >= 15 is 0 Å². The molecule has 0 aliphatic rings. The molecule has 0 aromatic carbocycles. The summed E-state index contributed by atoms with van der Waals surface area (Å²) < 4.78 is 27.7. The van der Waals surface area contributed by atoms with Gasteiger partial charge in [0.25, 0.3) is 0 Å². The minimum absolute atomic E-state index is 0.0224. The van der Waals surface area contributed by atoms with E-state index in [1.807, 2.05) is 0 Å². The Labute approximate surface area is 128 Å². The van der Waals surface area contributed by atoms with Gasteiger partial charge in [-0.25, -0.2) is 13.4 Å². The number of carboxylic acid groups (broad SMARTS) is 1. The molecule has 22 heavy (non-hydrogen) atoms. The van der Waals surface area contributed by atoms with E-state index in [1.165, 1.54) is 12.3 Å². The van der Waals surface area contributed by atoms with Crippen LogP contribution in [-0.2, 0) is 21.9 Å². The molecule has 2 aromatic heterocycles. The van der Waals surface area contributed by atoms with Gasteiger partial charge in [0.05, 0.1) is 5.69 Å². The maximum Gasteiger partial charge on any atom is 0.318 e. The van der Waals surface area contributed by atoms with Crippen molar-refractivity contribution in [2.24, 2.45) is 7.05 Å². The molecule has 0 aliphatic carbocycles. The first kappa shape index (κ1) is 16.4. The van der Waals surface area contributed by atoms with Gasteiger partial charge in [-0.3, -0.25) is 9.48 Å². The first-order chi connectivity index (χ1) is 10.3. The Balaban J connectivity index is 2.51. The fourth-order valence-corrected chi connectivity index (χ4v) is 3.72. The average Bonchev–Trinajstić information content (AvgIpc) is 2.73. The van der Waals surface area contributed by atoms with Crippen molar-refractivity contribution >= 4 is 27.0 Å². The molecule has 8 nitrogen and oxygen atoms in total. The van der Waals surface area contributed by atoms with Crippen LogP contribution in [0.4, 0.5) is 0 Å². The number of hydrogen-bond donors (Lipinski definition) is 1. The zero-order valence-electron chi connectivity index (χ0n) is 12.6. The molecule has 0 saturated heterocycles. The number of nitrogens with zero attached hydrogens (tertiary/aromatic N) is 4. The van der Waals surface area contributed by atoms with Gasteiger partial charge in [-0.05, 0) is 19.4 Å². The van der Waals surface area contributed by atoms with Crippen molar-refractivity contribution in [3.8, 4) is 0 Å². The van der Waals surface area contributed by atoms with Crippen molar-refractivity contribution in [3.05, 3.63) is 18.0 Å². The van der Waals surface area contributed by atoms with Gasteiger partial charge in [0.1, 0.15) is 11.4 Å². The lowest BCUT2D eigenvalue weighted by molar-refractivity contribution is -0.137. The highest BCUT2D eigenvalue weighted by atomic mass is 32.2. The van der Waals surface area contributed by atoms with E-state index in [0.29, 0.717) is 23.1 Å². The summed E-state index contributed by atoms with van der Waals surface area (Å²) in [5.74, 6) is -1.19. The summed E-state index contributed by atoms with van der Waals surface area (Å²) in [6, 6.07) is 1.49. The highest BCUT2D eigenvalue weighted by Gasteiger charge is 2.27. The fourth-order valence-electron chi connectivity index (χ4n) is 2.26. The van der Waals surface area contributed by atoms with Crippen LogP contribution in [0.15, 0.2) is 17.2 Å². The second kappa shape index (κ2) is 6.01. The molecule has 0 amide bonds. The highest BCUT2D eigenvalue weighted by Crippen LogP contribution is 2.22. The van der Waals surface area contributed by atoms with Gasteiger partial charge in [0.2, 0.25) is 10.0 Å². The Hall–Kier alpha value is -2.00. The highest BCUT2D eigenvalue weighted by molar-refractivity contribution is 7.89. The zero-order chi connectivity index (χ0) is 16.5. The van der Waals surface area contributed by atoms with Crippen LogP contribution in [0.1, 0.15) is 19.0 Å². The average molecular weight is 326 g/mol. The van der Waals surface area contributed by atoms with Gasteiger partial charge in [0, 0.05) is 25.2 Å². The second-order valence-electron chi connectivity index (χ2n) is 4.98. The smallest absolute Gasteiger partial charge is 0.318 e. The zero-order valence-corrected chi connectivity index (χ0v) is 13.5. The molecule has 120 valence electrons. The van der Waals surface area contributed by atoms with Crippen molar-refractivity contribution in [2.45, 2.75) is 25.2 Å². The number of aryl methyl sites for hydroxylation is 2. The molecule has 0 bridgehead atoms. The van der Waals surface area contributed by atoms with Gasteiger partial charge in [0.15, 0.2) is 5.65 Å². The number of carbonyl (C=O) groups is 1. The van der Waals surface area contributed by atoms with E-state index < -0.39 is 22.5 Å². The Morgan fingerprint density at radius 1 is 1.45 bits per heavy atom. The van der Waals surface area contributed by atoms with E-state index in [1.54, 1.807) is 25.6 Å². The SMILES string of the molecule is CCCN(CC(=O)O)S(=O)(=O)c1cnc2c(c1)c(C)nn2C. The summed E-state index contributed by atoms with van der Waals surface area (Å²) in [5, 5.41) is 13.7. The third-order valence-corrected chi connectivity index (χ3v) is 5.07. The number of aliphatic carboxylic acids is 1. The van der Waals surface area contributed by atoms with Gasteiger partial charge < -0.3 is 5.11 Å². The van der Waals surface area contributed by atoms with E-state index in [0.717, 1.165) is 4.31 Å². The Bertz CT molecular complexity index is 813. The molecule has 0 spiro atoms. The Morgan fingerprint density at radius 3 is 2.73 bits per heavy atom. The van der Waals surface area contributed by atoms with Crippen LogP contribution < -0.4 is 0 Å². The number of pyridine rings is 1. The van der Waals surface area contributed by atoms with Crippen LogP contribution in [0.5, 0.6) is 0 Å². The van der Waals surface area contributed by atoms with Crippen molar-refractivity contribution in [2.75, 3.05) is 13.1 Å². The largest absolute Gasteiger partial charge is 0.480 e. The lowest BCUT2D eigenvalue weighted by Gasteiger charge is -2.19. The molecule has 2 heterocycles. The standard InChI is InChI=1S/C13H18N4O4S/c1-4-5-17(8-12(18)19)22(20,21)10-6-11-9(2)15-16(3)13(11)14-7-10/h6-7H,4-5,8H2,1-3H3,(H,18,19). The molecule has 0 radical (unpaired) electrons. The summed E-state index contributed by atoms with van der Waals surface area (Å²) in [4.78, 5) is 15.0. The molecule has 0 saturated carbocycles. The predicted octanol–water partition coefficient (Wildman–Crippen LogP) is 0.762. The molecular weight excluding hydrogens is 308 g/mol. The molecule has 2 rings (SSSR count). The fraction of sp³-hybridized carbons (Fsp3) is 0.462. The lowest BCUT2D eigenvalue weighted by Crippen LogP contribution is -2.36. The summed E-state index contributed by atoms with van der Waals surface area (Å²) in [6.45, 7) is 3.12. The van der Waals surface area contributed by atoms with Gasteiger partial charge in [-0.1, -0.05) is 6.92 Å². The van der Waals surface area contributed by atoms with Gasteiger partial charge in [-0.15, -0.1) is 0 Å². The number of rotatable bonds is 6. The van der Waals surface area contributed by atoms with E-state index in [4.69, 9.17) is 5.11 Å². The van der Waals surface area contributed by atoms with E-state index in [9.17, 15) is 13.2 Å². The van der Waals surface area contributed by atoms with Gasteiger partial charge in [-0.2, -0.15) is 9.40 Å². The van der Waals surface area contributed by atoms with Crippen LogP contribution in [-0.4, -0.2) is 51.7 Å². The topological polar surface area (TPSA) is 105 Å². The minimum Gasteiger partial charge on any atom is -0.480 e. The first-order valence-corrected chi connectivity index (χ1v) is 8.22. The van der Waals surface area contributed by atoms with E-state index in [-0.39, 0.29) is 11.4 Å². The third kappa shape index (κ3) is 2.95. The summed E-state index contributed by atoms with van der Waals surface area (Å²) in [5.41, 5.74) is 1.25. The third-order valence-electron chi connectivity index (χ3n) is 3.26. The number of sulfonamides is 1. The van der Waals surface area contributed by atoms with Gasteiger partial charge >= 0.3 is 5.97 Å². The second-order valence-corrected chi connectivity index (χ2v) is 6.92. The number of hydrogen-bond acceptors (Lipinski definition) is 5. The van der Waals surface area contributed by atoms with Crippen LogP contribution in [0.25, 0.3) is 11.0 Å². The monoisotopic (exact) mass is 326 g/mol. The molecular formula is C13H18N4O4S. The Morgan fingerprint density at radius 2 is 2.14 bits per heavy atom. The van der Waals surface area contributed by atoms with Crippen LogP contribution in [0.2, 0.25) is 0 Å². The minimum atomic E-state index is -3.90. The first-order valence-electron chi connectivity index (χ1n) is 6.78. The number of fused-ring (bicyclic) bond motifs is 1. The summed E-state index contributed by atoms with van der Waals surface area (Å²) in [6.07, 6.45) is 1.76. The number of carboxylic acids is 1. The molecule has 0 fully saturated rings. The summed E-state index contributed by atoms with van der Waals surface area (Å²) in [7, 11) is -2.18. The van der Waals surface area contributed by atoms with Crippen LogP contribution in [0.3, 0.4) is 0 Å². The predicted molar refractivity (Wildman–Crippen MR) is 79.9 cm³/mol. The lowest BCUT2D eigenvalue weighted by atomic mass is 10.3. The van der Waals surface area contributed by atoms with Crippen LogP contribution >= 0.6 is 0 Å². The quantitative estimate of drug-likeness (QED) is 0.840. The van der Waals surface area contributed by atoms with Crippen molar-refractivity contribution < 1.29 is 18.3 Å². The van der Waals surface area contributed by atoms with E-state index in [2.05, 4.69) is 10.1 Å². The number of aromatic nitrogens is 3. The van der Waals surface area contributed by atoms with Crippen LogP contribution in [0, 0.1) is 6.92 Å². The summed E-state index contributed by atoms with van der Waals surface area (Å²) >= 11 is 0. The van der Waals surface area contributed by atoms with Crippen molar-refractivity contribution in [1.82, 2.24) is 19.1 Å². The molecule has 9 heteroatoms. The van der Waals surface area contributed by atoms with Crippen molar-refractivity contribution in [1.29, 1.82) is 0 Å². The molecule has 0 unspecified atom stereocenters. The normalized spacial score (nSPS) is 12.2. The molecule has 0 aliphatic heterocycles. The van der Waals surface area contributed by atoms with Crippen molar-refractivity contribution in [3.63, 3.8) is 0 Å². The molecule has 2 aromatic rings. The molecule has 0 atom stereocenters. The maximum absolute atomic E-state index is 12.6. The molecule has 1 N–H and O–H groups in total.